The molecule has 0 saturated heterocycles. The fourth-order valence-corrected chi connectivity index (χ4v) is 6.11. The van der Waals surface area contributed by atoms with Crippen LogP contribution in [0.15, 0.2) is 87.6 Å². The van der Waals surface area contributed by atoms with E-state index in [1.807, 2.05) is 25.1 Å². The SMILES string of the molecule is COS(=O)(=O)c1ccc(C)cc1CCc1ccc2c(S(=O)(=O)c3ccccc3)c[nH]c2c1. The van der Waals surface area contributed by atoms with Crippen molar-refractivity contribution in [2.24, 2.45) is 0 Å². The number of fused-ring (bicyclic) bond motifs is 1. The maximum absolute atomic E-state index is 13.0. The van der Waals surface area contributed by atoms with Crippen LogP contribution in [0.4, 0.5) is 0 Å². The van der Waals surface area contributed by atoms with Crippen molar-refractivity contribution in [3.8, 4) is 0 Å². The topological polar surface area (TPSA) is 93.3 Å². The molecule has 0 amide bonds. The van der Waals surface area contributed by atoms with Gasteiger partial charge in [-0.25, -0.2) is 8.42 Å². The molecule has 0 atom stereocenters. The summed E-state index contributed by atoms with van der Waals surface area (Å²) < 4.78 is 55.2. The Morgan fingerprint density at radius 3 is 2.31 bits per heavy atom. The lowest BCUT2D eigenvalue weighted by Crippen LogP contribution is -2.07. The molecule has 166 valence electrons. The predicted octanol–water partition coefficient (Wildman–Crippen LogP) is 4.43. The van der Waals surface area contributed by atoms with Crippen molar-refractivity contribution >= 4 is 30.9 Å². The first-order chi connectivity index (χ1) is 15.2. The molecule has 0 aliphatic heterocycles. The van der Waals surface area contributed by atoms with E-state index in [2.05, 4.69) is 4.98 Å². The van der Waals surface area contributed by atoms with Crippen LogP contribution in [0, 0.1) is 6.92 Å². The van der Waals surface area contributed by atoms with Crippen LogP contribution < -0.4 is 0 Å². The molecule has 0 radical (unpaired) electrons. The Labute approximate surface area is 187 Å². The number of sulfone groups is 1. The minimum Gasteiger partial charge on any atom is -0.360 e. The maximum atomic E-state index is 13.0. The Morgan fingerprint density at radius 2 is 1.59 bits per heavy atom. The van der Waals surface area contributed by atoms with Gasteiger partial charge in [-0.1, -0.05) is 48.0 Å². The van der Waals surface area contributed by atoms with Gasteiger partial charge < -0.3 is 4.98 Å². The Morgan fingerprint density at radius 1 is 0.844 bits per heavy atom. The molecule has 0 fully saturated rings. The first-order valence-electron chi connectivity index (χ1n) is 10.0. The van der Waals surface area contributed by atoms with Gasteiger partial charge >= 0.3 is 0 Å². The van der Waals surface area contributed by atoms with E-state index < -0.39 is 20.0 Å². The standard InChI is InChI=1S/C24H23NO5S2/c1-17-8-13-23(32(28,29)30-2)19(14-17)11-9-18-10-12-21-22(15-18)25-16-24(21)31(26,27)20-6-4-3-5-7-20/h3-8,10,12-16,25H,9,11H2,1-2H3. The van der Waals surface area contributed by atoms with Crippen molar-refractivity contribution < 1.29 is 21.0 Å². The molecular weight excluding hydrogens is 446 g/mol. The number of aromatic amines is 1. The summed E-state index contributed by atoms with van der Waals surface area (Å²) in [4.78, 5) is 3.71. The second-order valence-electron chi connectivity index (χ2n) is 7.58. The van der Waals surface area contributed by atoms with Gasteiger partial charge in [0.15, 0.2) is 0 Å². The molecule has 1 N–H and O–H groups in total. The van der Waals surface area contributed by atoms with E-state index in [4.69, 9.17) is 4.18 Å². The third-order valence-corrected chi connectivity index (χ3v) is 8.62. The molecule has 0 saturated carbocycles. The largest absolute Gasteiger partial charge is 0.360 e. The minimum absolute atomic E-state index is 0.169. The predicted molar refractivity (Wildman–Crippen MR) is 123 cm³/mol. The second-order valence-corrected chi connectivity index (χ2v) is 11.2. The zero-order valence-electron chi connectivity index (χ0n) is 17.7. The van der Waals surface area contributed by atoms with Gasteiger partial charge in [-0.15, -0.1) is 0 Å². The summed E-state index contributed by atoms with van der Waals surface area (Å²) in [5.41, 5.74) is 3.33. The smallest absolute Gasteiger partial charge is 0.296 e. The Balaban J connectivity index is 1.63. The number of hydrogen-bond acceptors (Lipinski definition) is 5. The van der Waals surface area contributed by atoms with Gasteiger partial charge in [0.05, 0.1) is 21.8 Å². The van der Waals surface area contributed by atoms with Crippen LogP contribution in [0.25, 0.3) is 10.9 Å². The van der Waals surface area contributed by atoms with Crippen molar-refractivity contribution in [1.29, 1.82) is 0 Å². The summed E-state index contributed by atoms with van der Waals surface area (Å²) in [6.07, 6.45) is 2.60. The van der Waals surface area contributed by atoms with Gasteiger partial charge in [0, 0.05) is 17.1 Å². The van der Waals surface area contributed by atoms with Gasteiger partial charge in [0.2, 0.25) is 9.84 Å². The lowest BCUT2D eigenvalue weighted by atomic mass is 10.0. The average molecular weight is 470 g/mol. The van der Waals surface area contributed by atoms with E-state index in [0.29, 0.717) is 29.3 Å². The molecule has 0 aliphatic carbocycles. The molecule has 0 aliphatic rings. The van der Waals surface area contributed by atoms with Crippen molar-refractivity contribution in [1.82, 2.24) is 4.98 Å². The summed E-state index contributed by atoms with van der Waals surface area (Å²) in [7, 11) is -6.28. The molecule has 0 unspecified atom stereocenters. The summed E-state index contributed by atoms with van der Waals surface area (Å²) in [6.45, 7) is 1.91. The monoisotopic (exact) mass is 469 g/mol. The summed E-state index contributed by atoms with van der Waals surface area (Å²) >= 11 is 0. The summed E-state index contributed by atoms with van der Waals surface area (Å²) in [5.74, 6) is 0. The second kappa shape index (κ2) is 8.54. The average Bonchev–Trinajstić information content (AvgIpc) is 3.22. The molecule has 1 aromatic heterocycles. The van der Waals surface area contributed by atoms with Crippen molar-refractivity contribution in [3.05, 3.63) is 89.6 Å². The number of hydrogen-bond donors (Lipinski definition) is 1. The van der Waals surface area contributed by atoms with Crippen LogP contribution in [-0.2, 0) is 37.0 Å². The highest BCUT2D eigenvalue weighted by Crippen LogP contribution is 2.29. The first-order valence-corrected chi connectivity index (χ1v) is 12.9. The van der Waals surface area contributed by atoms with Crippen LogP contribution in [0.5, 0.6) is 0 Å². The third-order valence-electron chi connectivity index (χ3n) is 5.44. The molecule has 4 aromatic rings. The van der Waals surface area contributed by atoms with Crippen molar-refractivity contribution in [3.63, 3.8) is 0 Å². The molecular formula is C24H23NO5S2. The minimum atomic E-state index is -3.80. The maximum Gasteiger partial charge on any atom is 0.296 e. The number of rotatable bonds is 7. The Hall–Kier alpha value is -2.94. The van der Waals surface area contributed by atoms with E-state index in [1.165, 1.54) is 6.20 Å². The van der Waals surface area contributed by atoms with Crippen LogP contribution in [0.3, 0.4) is 0 Å². The number of H-pyrrole nitrogens is 1. The first kappa shape index (κ1) is 22.3. The lowest BCUT2D eigenvalue weighted by Gasteiger charge is -2.10. The fraction of sp³-hybridized carbons (Fsp3) is 0.167. The van der Waals surface area contributed by atoms with Crippen LogP contribution in [-0.4, -0.2) is 28.9 Å². The van der Waals surface area contributed by atoms with E-state index in [0.717, 1.165) is 18.2 Å². The van der Waals surface area contributed by atoms with Crippen molar-refractivity contribution in [2.45, 2.75) is 34.5 Å². The molecule has 3 aromatic carbocycles. The van der Waals surface area contributed by atoms with Crippen molar-refractivity contribution in [2.75, 3.05) is 7.11 Å². The van der Waals surface area contributed by atoms with Gasteiger partial charge in [-0.3, -0.25) is 4.18 Å². The van der Waals surface area contributed by atoms with Gasteiger partial charge in [-0.2, -0.15) is 8.42 Å². The molecule has 6 nitrogen and oxygen atoms in total. The van der Waals surface area contributed by atoms with Gasteiger partial charge in [-0.05, 0) is 55.2 Å². The fourth-order valence-electron chi connectivity index (χ4n) is 3.77. The highest BCUT2D eigenvalue weighted by Gasteiger charge is 2.22. The van der Waals surface area contributed by atoms with E-state index in [9.17, 15) is 16.8 Å². The normalized spacial score (nSPS) is 12.3. The number of aromatic nitrogens is 1. The Kier molecular flexibility index (Phi) is 5.94. The third kappa shape index (κ3) is 4.21. The van der Waals surface area contributed by atoms with Crippen LogP contribution in [0.2, 0.25) is 0 Å². The zero-order chi connectivity index (χ0) is 22.9. The molecule has 8 heteroatoms. The zero-order valence-corrected chi connectivity index (χ0v) is 19.3. The number of benzene rings is 3. The molecule has 32 heavy (non-hydrogen) atoms. The van der Waals surface area contributed by atoms with E-state index in [1.54, 1.807) is 48.5 Å². The Bertz CT molecular complexity index is 1490. The van der Waals surface area contributed by atoms with E-state index in [-0.39, 0.29) is 14.7 Å². The van der Waals surface area contributed by atoms with Gasteiger partial charge in [0.1, 0.15) is 0 Å². The summed E-state index contributed by atoms with van der Waals surface area (Å²) in [5, 5.41) is 0.621. The van der Waals surface area contributed by atoms with Crippen LogP contribution in [0.1, 0.15) is 16.7 Å². The quantitative estimate of drug-likeness (QED) is 0.404. The number of nitrogens with one attached hydrogen (secondary N) is 1. The van der Waals surface area contributed by atoms with Crippen LogP contribution >= 0.6 is 0 Å². The highest BCUT2D eigenvalue weighted by molar-refractivity contribution is 7.91. The molecule has 4 rings (SSSR count). The summed E-state index contributed by atoms with van der Waals surface area (Å²) in [6, 6.07) is 19.1. The van der Waals surface area contributed by atoms with Gasteiger partial charge in [0.25, 0.3) is 10.1 Å². The van der Waals surface area contributed by atoms with E-state index >= 15 is 0 Å². The number of aryl methyl sites for hydroxylation is 3. The lowest BCUT2D eigenvalue weighted by molar-refractivity contribution is 0.397. The molecule has 1 heterocycles. The molecule has 0 spiro atoms. The molecule has 0 bridgehead atoms. The highest BCUT2D eigenvalue weighted by atomic mass is 32.2.